The molecule has 196 valence electrons. The molecule has 3 aliphatic rings. The fourth-order valence-corrected chi connectivity index (χ4v) is 6.72. The Morgan fingerprint density at radius 2 is 1.83 bits per heavy atom. The first-order valence-corrected chi connectivity index (χ1v) is 13.7. The second-order valence-corrected chi connectivity index (χ2v) is 12.0. The zero-order chi connectivity index (χ0) is 26.1. The van der Waals surface area contributed by atoms with Crippen LogP contribution in [0.25, 0.3) is 0 Å². The molecule has 1 unspecified atom stereocenters. The Bertz CT molecular complexity index is 896. The molecule has 5 heteroatoms. The van der Waals surface area contributed by atoms with Crippen LogP contribution in [0.3, 0.4) is 0 Å². The Morgan fingerprint density at radius 3 is 2.43 bits per heavy atom. The number of allylic oxidation sites excluding steroid dienone is 2. The van der Waals surface area contributed by atoms with Gasteiger partial charge in [-0.1, -0.05) is 65.2 Å². The first-order valence-electron chi connectivity index (χ1n) is 13.7. The molecule has 5 nitrogen and oxygen atoms in total. The maximum absolute atomic E-state index is 14.1. The summed E-state index contributed by atoms with van der Waals surface area (Å²) < 4.78 is 12.2. The van der Waals surface area contributed by atoms with E-state index in [4.69, 9.17) is 9.47 Å². The Morgan fingerprint density at radius 1 is 1.14 bits per heavy atom. The predicted molar refractivity (Wildman–Crippen MR) is 137 cm³/mol. The highest BCUT2D eigenvalue weighted by Crippen LogP contribution is 2.62. The maximum Gasteiger partial charge on any atom is 0.309 e. The van der Waals surface area contributed by atoms with Gasteiger partial charge in [0.15, 0.2) is 5.60 Å². The molecular formula is C30H46O5. The van der Waals surface area contributed by atoms with E-state index in [1.54, 1.807) is 0 Å². The topological polar surface area (TPSA) is 69.7 Å². The number of hydrogen-bond donors (Lipinski definition) is 0. The van der Waals surface area contributed by atoms with Gasteiger partial charge < -0.3 is 9.47 Å². The van der Waals surface area contributed by atoms with Crippen molar-refractivity contribution in [3.8, 4) is 0 Å². The van der Waals surface area contributed by atoms with Crippen molar-refractivity contribution >= 4 is 17.7 Å². The van der Waals surface area contributed by atoms with Crippen molar-refractivity contribution in [3.63, 3.8) is 0 Å². The molecule has 0 aromatic carbocycles. The van der Waals surface area contributed by atoms with Crippen LogP contribution in [0.4, 0.5) is 0 Å². The average molecular weight is 487 g/mol. The summed E-state index contributed by atoms with van der Waals surface area (Å²) in [6.07, 6.45) is 9.56. The van der Waals surface area contributed by atoms with Crippen LogP contribution in [0.15, 0.2) is 23.3 Å². The number of ether oxygens (including phenoxy) is 2. The second kappa shape index (κ2) is 10.6. The highest BCUT2D eigenvalue weighted by atomic mass is 16.6. The van der Waals surface area contributed by atoms with Crippen molar-refractivity contribution in [2.24, 2.45) is 35.0 Å². The van der Waals surface area contributed by atoms with Crippen molar-refractivity contribution in [1.29, 1.82) is 0 Å². The lowest BCUT2D eigenvalue weighted by molar-refractivity contribution is -0.171. The number of carbonyl (C=O) groups excluding carboxylic acids is 3. The van der Waals surface area contributed by atoms with Crippen LogP contribution < -0.4 is 0 Å². The van der Waals surface area contributed by atoms with E-state index in [9.17, 15) is 14.4 Å². The van der Waals surface area contributed by atoms with Crippen molar-refractivity contribution in [3.05, 3.63) is 23.3 Å². The third-order valence-electron chi connectivity index (χ3n) is 9.01. The van der Waals surface area contributed by atoms with E-state index in [0.717, 1.165) is 44.1 Å². The van der Waals surface area contributed by atoms with Gasteiger partial charge in [-0.05, 0) is 68.3 Å². The van der Waals surface area contributed by atoms with Gasteiger partial charge in [0.2, 0.25) is 5.78 Å². The summed E-state index contributed by atoms with van der Waals surface area (Å²) in [4.78, 5) is 39.7. The van der Waals surface area contributed by atoms with E-state index >= 15 is 0 Å². The van der Waals surface area contributed by atoms with Crippen LogP contribution in [0.5, 0.6) is 0 Å². The summed E-state index contributed by atoms with van der Waals surface area (Å²) in [7, 11) is 0. The number of unbranched alkanes of at least 4 members (excludes halogenated alkanes) is 1. The third-order valence-corrected chi connectivity index (χ3v) is 9.01. The van der Waals surface area contributed by atoms with Crippen molar-refractivity contribution < 1.29 is 23.9 Å². The first-order chi connectivity index (χ1) is 16.4. The fraction of sp³-hybridized carbons (Fsp3) is 0.767. The standard InChI is InChI=1S/C30H46O5/c1-9-11-12-22(10-2)28(33)34-26-20(5)17-30(35-21(6)31)25(26)15-18(3)13-14-23-24(29(23,7)8)16-19(4)27(30)32/h15-16,20,22-26H,9-14,17H2,1-8H3/b18-15+,19-16+/t20-,22?,23-,24+,25-,26-,30+/m0/s1. The quantitative estimate of drug-likeness (QED) is 0.299. The molecule has 2 saturated carbocycles. The Kier molecular flexibility index (Phi) is 8.38. The summed E-state index contributed by atoms with van der Waals surface area (Å²) >= 11 is 0. The summed E-state index contributed by atoms with van der Waals surface area (Å²) in [5.41, 5.74) is 0.637. The Hall–Kier alpha value is -1.91. The van der Waals surface area contributed by atoms with Gasteiger partial charge in [-0.15, -0.1) is 0 Å². The van der Waals surface area contributed by atoms with Gasteiger partial charge in [0.25, 0.3) is 0 Å². The van der Waals surface area contributed by atoms with E-state index in [-0.39, 0.29) is 29.0 Å². The number of fused-ring (bicyclic) bond motifs is 2. The number of hydrogen-bond acceptors (Lipinski definition) is 5. The molecule has 0 amide bonds. The van der Waals surface area contributed by atoms with Crippen LogP contribution in [-0.2, 0) is 23.9 Å². The van der Waals surface area contributed by atoms with Crippen LogP contribution >= 0.6 is 0 Å². The van der Waals surface area contributed by atoms with Gasteiger partial charge in [0.05, 0.1) is 11.8 Å². The molecule has 35 heavy (non-hydrogen) atoms. The molecule has 2 fully saturated rings. The smallest absolute Gasteiger partial charge is 0.309 e. The van der Waals surface area contributed by atoms with E-state index in [0.29, 0.717) is 23.8 Å². The lowest BCUT2D eigenvalue weighted by atomic mass is 9.81. The molecule has 7 atom stereocenters. The molecule has 0 bridgehead atoms. The Labute approximate surface area is 212 Å². The predicted octanol–water partition coefficient (Wildman–Crippen LogP) is 6.60. The van der Waals surface area contributed by atoms with Crippen LogP contribution in [0, 0.1) is 35.0 Å². The van der Waals surface area contributed by atoms with E-state index in [1.807, 2.05) is 20.8 Å². The number of Topliss-reactive ketones (excluding diaryl/α,β-unsaturated/α-hetero) is 1. The zero-order valence-electron chi connectivity index (χ0n) is 23.1. The van der Waals surface area contributed by atoms with Crippen LogP contribution in [0.2, 0.25) is 0 Å². The molecular weight excluding hydrogens is 440 g/mol. The summed E-state index contributed by atoms with van der Waals surface area (Å²) in [5.74, 6) is -0.684. The molecule has 3 aliphatic carbocycles. The molecule has 0 aromatic heterocycles. The lowest BCUT2D eigenvalue weighted by Gasteiger charge is -2.34. The van der Waals surface area contributed by atoms with E-state index in [2.05, 4.69) is 39.8 Å². The van der Waals surface area contributed by atoms with E-state index < -0.39 is 23.6 Å². The molecule has 0 N–H and O–H groups in total. The van der Waals surface area contributed by atoms with Gasteiger partial charge in [-0.2, -0.15) is 0 Å². The molecule has 0 saturated heterocycles. The second-order valence-electron chi connectivity index (χ2n) is 12.0. The molecule has 3 rings (SSSR count). The van der Waals surface area contributed by atoms with Crippen molar-refractivity contribution in [1.82, 2.24) is 0 Å². The number of esters is 2. The van der Waals surface area contributed by atoms with Gasteiger partial charge in [0.1, 0.15) is 6.10 Å². The van der Waals surface area contributed by atoms with E-state index in [1.165, 1.54) is 6.92 Å². The summed E-state index contributed by atoms with van der Waals surface area (Å²) in [6.45, 7) is 16.0. The minimum Gasteiger partial charge on any atom is -0.461 e. The summed E-state index contributed by atoms with van der Waals surface area (Å²) in [5, 5.41) is 0. The van der Waals surface area contributed by atoms with Crippen molar-refractivity contribution in [2.45, 2.75) is 112 Å². The molecule has 0 radical (unpaired) electrons. The third kappa shape index (κ3) is 5.44. The van der Waals surface area contributed by atoms with Crippen molar-refractivity contribution in [2.75, 3.05) is 0 Å². The minimum absolute atomic E-state index is 0.110. The molecule has 0 aromatic rings. The molecule has 0 heterocycles. The highest BCUT2D eigenvalue weighted by Gasteiger charge is 2.61. The summed E-state index contributed by atoms with van der Waals surface area (Å²) in [6, 6.07) is 0. The number of ketones is 1. The maximum atomic E-state index is 14.1. The Balaban J connectivity index is 2.03. The monoisotopic (exact) mass is 486 g/mol. The van der Waals surface area contributed by atoms with Gasteiger partial charge in [0, 0.05) is 13.3 Å². The van der Waals surface area contributed by atoms with Crippen LogP contribution in [-0.4, -0.2) is 29.4 Å². The number of rotatable bonds is 7. The lowest BCUT2D eigenvalue weighted by Crippen LogP contribution is -2.49. The minimum atomic E-state index is -1.35. The number of carbonyl (C=O) groups is 3. The largest absolute Gasteiger partial charge is 0.461 e. The molecule has 0 spiro atoms. The SMILES string of the molecule is CCCCC(CC)C(=O)O[C@H]1[C@@H](C)C[C@]2(OC(C)=O)C(=O)/C(C)=C/[C@@H]3[C@H](CC/C(C)=C/[C@@H]12)C3(C)C. The van der Waals surface area contributed by atoms with Crippen LogP contribution in [0.1, 0.15) is 100 Å². The van der Waals surface area contributed by atoms with Gasteiger partial charge in [-0.3, -0.25) is 14.4 Å². The average Bonchev–Trinajstić information content (AvgIpc) is 3.19. The van der Waals surface area contributed by atoms with Gasteiger partial charge in [-0.25, -0.2) is 0 Å². The fourth-order valence-electron chi connectivity index (χ4n) is 6.72. The molecule has 0 aliphatic heterocycles. The normalized spacial score (nSPS) is 37.9. The zero-order valence-corrected chi connectivity index (χ0v) is 23.1. The highest BCUT2D eigenvalue weighted by molar-refractivity contribution is 6.03. The van der Waals surface area contributed by atoms with Gasteiger partial charge >= 0.3 is 11.9 Å². The first kappa shape index (κ1) is 27.7.